The molecule has 1 aliphatic rings. The molecule has 0 heterocycles. The summed E-state index contributed by atoms with van der Waals surface area (Å²) >= 11 is 0. The molecule has 0 spiro atoms. The summed E-state index contributed by atoms with van der Waals surface area (Å²) in [6.45, 7) is 9.43. The zero-order chi connectivity index (χ0) is 7.12. The summed E-state index contributed by atoms with van der Waals surface area (Å²) in [5.74, 6) is 0. The summed E-state index contributed by atoms with van der Waals surface area (Å²) in [6.07, 6.45) is 5.00. The number of hydrogen-bond donors (Lipinski definition) is 0. The van der Waals surface area contributed by atoms with Crippen molar-refractivity contribution < 1.29 is 0 Å². The second-order valence-corrected chi connectivity index (χ2v) is 4.46. The van der Waals surface area contributed by atoms with Gasteiger partial charge in [-0.3, -0.25) is 0 Å². The van der Waals surface area contributed by atoms with E-state index >= 15 is 0 Å². The predicted molar refractivity (Wildman–Crippen MR) is 41.1 cm³/mol. The van der Waals surface area contributed by atoms with E-state index in [1.54, 1.807) is 0 Å². The molecule has 0 aromatic carbocycles. The summed E-state index contributed by atoms with van der Waals surface area (Å²) in [4.78, 5) is 0. The van der Waals surface area contributed by atoms with Gasteiger partial charge in [-0.2, -0.15) is 0 Å². The van der Waals surface area contributed by atoms with E-state index < -0.39 is 0 Å². The highest BCUT2D eigenvalue weighted by Crippen LogP contribution is 2.51. The van der Waals surface area contributed by atoms with Gasteiger partial charge in [0.2, 0.25) is 0 Å². The molecule has 0 aromatic heterocycles. The Morgan fingerprint density at radius 1 is 0.889 bits per heavy atom. The van der Waals surface area contributed by atoms with E-state index in [1.165, 1.54) is 12.8 Å². The minimum absolute atomic E-state index is 0.535. The molecule has 1 rings (SSSR count). The van der Waals surface area contributed by atoms with E-state index in [9.17, 15) is 0 Å². The summed E-state index contributed by atoms with van der Waals surface area (Å²) in [5, 5.41) is 0. The molecule has 53 valence electrons. The summed E-state index contributed by atoms with van der Waals surface area (Å²) in [6, 6.07) is 0. The smallest absolute Gasteiger partial charge is 0.0300 e. The van der Waals surface area contributed by atoms with Gasteiger partial charge in [-0.1, -0.05) is 27.7 Å². The first-order valence-electron chi connectivity index (χ1n) is 3.77. The van der Waals surface area contributed by atoms with Gasteiger partial charge in [0.25, 0.3) is 0 Å². The van der Waals surface area contributed by atoms with E-state index in [2.05, 4.69) is 34.1 Å². The number of hydrogen-bond acceptors (Lipinski definition) is 0. The first-order chi connectivity index (χ1) is 3.96. The van der Waals surface area contributed by atoms with Crippen LogP contribution in [-0.2, 0) is 0 Å². The highest BCUT2D eigenvalue weighted by atomic mass is 14.5. The van der Waals surface area contributed by atoms with Crippen LogP contribution < -0.4 is 0 Å². The third kappa shape index (κ3) is 0.997. The first kappa shape index (κ1) is 7.11. The van der Waals surface area contributed by atoms with Crippen molar-refractivity contribution in [3.63, 3.8) is 0 Å². The maximum absolute atomic E-state index is 2.42. The fourth-order valence-corrected chi connectivity index (χ4v) is 1.35. The van der Waals surface area contributed by atoms with E-state index in [1.807, 2.05) is 0 Å². The molecule has 1 radical (unpaired) electrons. The van der Waals surface area contributed by atoms with Crippen molar-refractivity contribution in [1.29, 1.82) is 0 Å². The van der Waals surface area contributed by atoms with Crippen molar-refractivity contribution in [1.82, 2.24) is 0 Å². The van der Waals surface area contributed by atoms with Crippen molar-refractivity contribution in [2.45, 2.75) is 40.5 Å². The van der Waals surface area contributed by atoms with Crippen molar-refractivity contribution in [3.05, 3.63) is 6.42 Å². The molecule has 0 bridgehead atoms. The molecular formula is C9H17. The lowest BCUT2D eigenvalue weighted by Crippen LogP contribution is -2.25. The first-order valence-corrected chi connectivity index (χ1v) is 3.77. The van der Waals surface area contributed by atoms with Crippen LogP contribution in [-0.4, -0.2) is 0 Å². The van der Waals surface area contributed by atoms with Gasteiger partial charge in [-0.15, -0.1) is 0 Å². The minimum Gasteiger partial charge on any atom is -0.0594 e. The van der Waals surface area contributed by atoms with Gasteiger partial charge in [-0.25, -0.2) is 0 Å². The molecule has 1 saturated carbocycles. The van der Waals surface area contributed by atoms with Crippen LogP contribution in [0.25, 0.3) is 0 Å². The van der Waals surface area contributed by atoms with Gasteiger partial charge in [0, 0.05) is 0 Å². The Kier molecular flexibility index (Phi) is 1.38. The Hall–Kier alpha value is 0. The van der Waals surface area contributed by atoms with Crippen LogP contribution in [0, 0.1) is 17.3 Å². The lowest BCUT2D eigenvalue weighted by atomic mass is 9.71. The second kappa shape index (κ2) is 1.74. The highest BCUT2D eigenvalue weighted by Gasteiger charge is 2.40. The third-order valence-corrected chi connectivity index (χ3v) is 3.14. The topological polar surface area (TPSA) is 0 Å². The molecule has 0 aliphatic heterocycles. The summed E-state index contributed by atoms with van der Waals surface area (Å²) < 4.78 is 0. The fraction of sp³-hybridized carbons (Fsp3) is 0.889. The minimum atomic E-state index is 0.535. The molecule has 0 aromatic rings. The molecule has 0 heteroatoms. The van der Waals surface area contributed by atoms with Crippen molar-refractivity contribution >= 4 is 0 Å². The summed E-state index contributed by atoms with van der Waals surface area (Å²) in [5.41, 5.74) is 1.07. The Balaban J connectivity index is 2.75. The zero-order valence-corrected chi connectivity index (χ0v) is 6.99. The maximum atomic E-state index is 2.42. The second-order valence-electron chi connectivity index (χ2n) is 4.46. The Morgan fingerprint density at radius 3 is 1.33 bits per heavy atom. The van der Waals surface area contributed by atoms with Crippen LogP contribution in [0.15, 0.2) is 0 Å². The summed E-state index contributed by atoms with van der Waals surface area (Å²) in [7, 11) is 0. The van der Waals surface area contributed by atoms with E-state index in [0.29, 0.717) is 10.8 Å². The average molecular weight is 125 g/mol. The zero-order valence-electron chi connectivity index (χ0n) is 6.99. The molecule has 0 N–H and O–H groups in total. The van der Waals surface area contributed by atoms with Gasteiger partial charge < -0.3 is 0 Å². The van der Waals surface area contributed by atoms with Crippen LogP contribution in [0.4, 0.5) is 0 Å². The van der Waals surface area contributed by atoms with Crippen LogP contribution in [0.3, 0.4) is 0 Å². The third-order valence-electron chi connectivity index (χ3n) is 3.14. The molecule has 0 amide bonds. The van der Waals surface area contributed by atoms with Gasteiger partial charge in [-0.05, 0) is 30.1 Å². The maximum Gasteiger partial charge on any atom is -0.0300 e. The fourth-order valence-electron chi connectivity index (χ4n) is 1.35. The lowest BCUT2D eigenvalue weighted by molar-refractivity contribution is 0.157. The molecule has 0 unspecified atom stereocenters. The highest BCUT2D eigenvalue weighted by molar-refractivity contribution is 4.99. The predicted octanol–water partition coefficient (Wildman–Crippen LogP) is 3.04. The van der Waals surface area contributed by atoms with Crippen LogP contribution in [0.1, 0.15) is 40.5 Å². The van der Waals surface area contributed by atoms with Crippen LogP contribution in [0.2, 0.25) is 0 Å². The standard InChI is InChI=1S/C9H17/c1-8(2)6-5-7-9(8,3)4/h5H,6-7H2,1-4H3. The largest absolute Gasteiger partial charge is 0.0594 e. The monoisotopic (exact) mass is 125 g/mol. The lowest BCUT2D eigenvalue weighted by Gasteiger charge is -2.34. The molecule has 0 nitrogen and oxygen atoms in total. The molecule has 1 aliphatic carbocycles. The van der Waals surface area contributed by atoms with Gasteiger partial charge in [0.15, 0.2) is 0 Å². The quantitative estimate of drug-likeness (QED) is 0.467. The van der Waals surface area contributed by atoms with Gasteiger partial charge in [0.1, 0.15) is 0 Å². The SMILES string of the molecule is CC1(C)C[CH]CC1(C)C. The molecule has 0 atom stereocenters. The van der Waals surface area contributed by atoms with Gasteiger partial charge in [0.05, 0.1) is 0 Å². The van der Waals surface area contributed by atoms with Gasteiger partial charge >= 0.3 is 0 Å². The molecular weight excluding hydrogens is 108 g/mol. The normalized spacial score (nSPS) is 30.7. The van der Waals surface area contributed by atoms with E-state index in [-0.39, 0.29) is 0 Å². The average Bonchev–Trinajstić information content (AvgIpc) is 1.81. The van der Waals surface area contributed by atoms with E-state index in [0.717, 1.165) is 0 Å². The Labute approximate surface area is 58.7 Å². The Bertz CT molecular complexity index is 95.2. The van der Waals surface area contributed by atoms with Crippen LogP contribution >= 0.6 is 0 Å². The van der Waals surface area contributed by atoms with Crippen molar-refractivity contribution in [3.8, 4) is 0 Å². The number of rotatable bonds is 0. The molecule has 1 fully saturated rings. The van der Waals surface area contributed by atoms with Crippen molar-refractivity contribution in [2.75, 3.05) is 0 Å². The molecule has 0 saturated heterocycles. The van der Waals surface area contributed by atoms with Crippen LogP contribution in [0.5, 0.6) is 0 Å². The Morgan fingerprint density at radius 2 is 1.22 bits per heavy atom. The molecule has 9 heavy (non-hydrogen) atoms. The van der Waals surface area contributed by atoms with Crippen molar-refractivity contribution in [2.24, 2.45) is 10.8 Å². The van der Waals surface area contributed by atoms with E-state index in [4.69, 9.17) is 0 Å².